The van der Waals surface area contributed by atoms with Crippen molar-refractivity contribution < 1.29 is 26.3 Å². The summed E-state index contributed by atoms with van der Waals surface area (Å²) in [4.78, 5) is -2.95. The summed E-state index contributed by atoms with van der Waals surface area (Å²) < 4.78 is 62.0. The molecule has 2 heterocycles. The van der Waals surface area contributed by atoms with Gasteiger partial charge in [0.25, 0.3) is 0 Å². The largest absolute Gasteiger partial charge is 0.470 e. The molecule has 0 N–H and O–H groups in total. The maximum Gasteiger partial charge on any atom is 0.222 e. The van der Waals surface area contributed by atoms with Gasteiger partial charge in [-0.15, -0.1) is 0 Å². The van der Waals surface area contributed by atoms with Crippen molar-refractivity contribution in [1.82, 2.24) is 0 Å². The lowest BCUT2D eigenvalue weighted by Crippen LogP contribution is -2.33. The first-order valence-electron chi connectivity index (χ1n) is 6.80. The van der Waals surface area contributed by atoms with Gasteiger partial charge in [0.05, 0.1) is 0 Å². The first kappa shape index (κ1) is 15.6. The maximum absolute atomic E-state index is 12.7. The maximum atomic E-state index is 12.7. The predicted molar refractivity (Wildman–Crippen MR) is 79.7 cm³/mol. The summed E-state index contributed by atoms with van der Waals surface area (Å²) >= 11 is 0. The van der Waals surface area contributed by atoms with Crippen molar-refractivity contribution in [1.29, 1.82) is 0 Å². The van der Waals surface area contributed by atoms with Gasteiger partial charge in [-0.25, -0.2) is 16.8 Å². The Morgan fingerprint density at radius 1 is 0.682 bits per heavy atom. The summed E-state index contributed by atoms with van der Waals surface area (Å²) in [5.74, 6) is 0.378. The third-order valence-electron chi connectivity index (χ3n) is 4.30. The van der Waals surface area contributed by atoms with Crippen LogP contribution in [0.15, 0.2) is 9.79 Å². The van der Waals surface area contributed by atoms with Gasteiger partial charge in [0.1, 0.15) is 21.3 Å². The zero-order valence-corrected chi connectivity index (χ0v) is 14.9. The highest BCUT2D eigenvalue weighted by Gasteiger charge is 2.55. The molecule has 3 rings (SSSR count). The highest BCUT2D eigenvalue weighted by Crippen LogP contribution is 2.55. The Hall–Kier alpha value is -1.28. The minimum Gasteiger partial charge on any atom is -0.470 e. The van der Waals surface area contributed by atoms with Crippen molar-refractivity contribution in [2.45, 2.75) is 61.2 Å². The molecule has 0 aliphatic carbocycles. The quantitative estimate of drug-likeness (QED) is 0.715. The van der Waals surface area contributed by atoms with Crippen LogP contribution in [0.3, 0.4) is 0 Å². The van der Waals surface area contributed by atoms with Gasteiger partial charge in [0, 0.05) is 5.56 Å². The molecule has 0 amide bonds. The molecule has 0 aromatic heterocycles. The van der Waals surface area contributed by atoms with E-state index in [0.29, 0.717) is 5.56 Å². The number of fused-ring (bicyclic) bond motifs is 2. The van der Waals surface area contributed by atoms with Crippen LogP contribution >= 0.6 is 0 Å². The molecule has 0 unspecified atom stereocenters. The van der Waals surface area contributed by atoms with E-state index in [4.69, 9.17) is 9.47 Å². The normalized spacial score (nSPS) is 25.0. The smallest absolute Gasteiger partial charge is 0.222 e. The molecule has 2 aliphatic heterocycles. The summed E-state index contributed by atoms with van der Waals surface area (Å²) in [6, 6.07) is 0. The number of hydrogen-bond donors (Lipinski definition) is 0. The molecule has 0 atom stereocenters. The molecule has 6 nitrogen and oxygen atoms in total. The molecule has 122 valence electrons. The molecule has 8 heteroatoms. The predicted octanol–water partition coefficient (Wildman–Crippen LogP) is 2.11. The fourth-order valence-electron chi connectivity index (χ4n) is 2.87. The van der Waals surface area contributed by atoms with Crippen molar-refractivity contribution in [2.75, 3.05) is 0 Å². The number of hydrogen-bond acceptors (Lipinski definition) is 6. The van der Waals surface area contributed by atoms with Crippen molar-refractivity contribution in [2.24, 2.45) is 0 Å². The molecule has 1 aromatic carbocycles. The van der Waals surface area contributed by atoms with Gasteiger partial charge in [-0.3, -0.25) is 0 Å². The second-order valence-electron chi connectivity index (χ2n) is 6.58. The third-order valence-corrected chi connectivity index (χ3v) is 9.12. The third kappa shape index (κ3) is 1.49. The van der Waals surface area contributed by atoms with E-state index in [1.807, 2.05) is 0 Å². The SMILES string of the molecule is Cc1c2c(c(C)c3c1OC(C)(C)S3(=O)=O)S(=O)(=O)C(C)(C)O2. The van der Waals surface area contributed by atoms with Crippen LogP contribution in [0.5, 0.6) is 11.5 Å². The summed E-state index contributed by atoms with van der Waals surface area (Å²) in [6.07, 6.45) is 0. The monoisotopic (exact) mass is 346 g/mol. The number of benzene rings is 1. The van der Waals surface area contributed by atoms with E-state index >= 15 is 0 Å². The molecular weight excluding hydrogens is 328 g/mol. The summed E-state index contributed by atoms with van der Waals surface area (Å²) in [5.41, 5.74) is 0.575. The molecule has 0 spiro atoms. The summed E-state index contributed by atoms with van der Waals surface area (Å²) in [7, 11) is -7.58. The Morgan fingerprint density at radius 2 is 1.00 bits per heavy atom. The van der Waals surface area contributed by atoms with Crippen LogP contribution in [0.25, 0.3) is 0 Å². The minimum absolute atomic E-state index is 0.0429. The minimum atomic E-state index is -3.79. The van der Waals surface area contributed by atoms with Crippen molar-refractivity contribution in [3.63, 3.8) is 0 Å². The fraction of sp³-hybridized carbons (Fsp3) is 0.571. The average molecular weight is 346 g/mol. The van der Waals surface area contributed by atoms with Crippen LogP contribution in [0.4, 0.5) is 0 Å². The highest BCUT2D eigenvalue weighted by atomic mass is 32.2. The van der Waals surface area contributed by atoms with E-state index in [2.05, 4.69) is 0 Å². The van der Waals surface area contributed by atoms with Gasteiger partial charge in [-0.05, 0) is 47.1 Å². The fourth-order valence-corrected chi connectivity index (χ4v) is 6.20. The zero-order chi connectivity index (χ0) is 16.9. The number of ether oxygens (including phenoxy) is 2. The van der Waals surface area contributed by atoms with Crippen LogP contribution in [0.2, 0.25) is 0 Å². The Morgan fingerprint density at radius 3 is 1.32 bits per heavy atom. The van der Waals surface area contributed by atoms with Gasteiger partial charge in [0.15, 0.2) is 0 Å². The molecule has 0 bridgehead atoms. The van der Waals surface area contributed by atoms with E-state index in [0.717, 1.165) is 0 Å². The van der Waals surface area contributed by atoms with E-state index in [1.54, 1.807) is 6.92 Å². The van der Waals surface area contributed by atoms with Crippen molar-refractivity contribution in [3.05, 3.63) is 11.1 Å². The van der Waals surface area contributed by atoms with Crippen LogP contribution in [-0.2, 0) is 19.7 Å². The van der Waals surface area contributed by atoms with Crippen molar-refractivity contribution >= 4 is 19.7 Å². The van der Waals surface area contributed by atoms with Crippen molar-refractivity contribution in [3.8, 4) is 11.5 Å². The molecule has 1 aromatic rings. The summed E-state index contributed by atoms with van der Waals surface area (Å²) in [6.45, 7) is 8.90. The first-order valence-corrected chi connectivity index (χ1v) is 9.77. The van der Waals surface area contributed by atoms with Crippen LogP contribution in [-0.4, -0.2) is 26.7 Å². The number of rotatable bonds is 0. The second kappa shape index (κ2) is 3.79. The molecule has 0 fully saturated rings. The molecule has 2 aliphatic rings. The molecule has 0 radical (unpaired) electrons. The van der Waals surface area contributed by atoms with Gasteiger partial charge in [-0.1, -0.05) is 0 Å². The Labute approximate surface area is 130 Å². The second-order valence-corrected chi connectivity index (χ2v) is 11.4. The molecule has 22 heavy (non-hydrogen) atoms. The lowest BCUT2D eigenvalue weighted by atomic mass is 10.1. The summed E-state index contributed by atoms with van der Waals surface area (Å²) in [5, 5.41) is 0. The van der Waals surface area contributed by atoms with Gasteiger partial charge < -0.3 is 9.47 Å². The van der Waals surface area contributed by atoms with Gasteiger partial charge >= 0.3 is 0 Å². The van der Waals surface area contributed by atoms with E-state index < -0.39 is 29.5 Å². The Kier molecular flexibility index (Phi) is 2.69. The lowest BCUT2D eigenvalue weighted by Gasteiger charge is -2.18. The average Bonchev–Trinajstić information content (AvgIpc) is 2.63. The first-order chi connectivity index (χ1) is 9.76. The standard InChI is InChI=1S/C14H18O6S2/c1-7-9-11(21(15,16)13(3,4)19-9)8(2)12-10(7)20-14(5,6)22(12,17)18/h1-6H3. The van der Waals surface area contributed by atoms with E-state index in [9.17, 15) is 16.8 Å². The molecular formula is C14H18O6S2. The molecule has 0 saturated carbocycles. The Balaban J connectivity index is 2.51. The highest BCUT2D eigenvalue weighted by molar-refractivity contribution is 7.94. The Bertz CT molecular complexity index is 848. The van der Waals surface area contributed by atoms with Crippen LogP contribution in [0.1, 0.15) is 38.8 Å². The number of sulfone groups is 2. The van der Waals surface area contributed by atoms with Gasteiger partial charge in [0.2, 0.25) is 29.5 Å². The van der Waals surface area contributed by atoms with E-state index in [-0.39, 0.29) is 26.9 Å². The van der Waals surface area contributed by atoms with Gasteiger partial charge in [-0.2, -0.15) is 0 Å². The van der Waals surface area contributed by atoms with Crippen LogP contribution in [0, 0.1) is 13.8 Å². The zero-order valence-electron chi connectivity index (χ0n) is 13.3. The molecule has 0 saturated heterocycles. The lowest BCUT2D eigenvalue weighted by molar-refractivity contribution is 0.191. The van der Waals surface area contributed by atoms with E-state index in [1.165, 1.54) is 34.6 Å². The van der Waals surface area contributed by atoms with Crippen LogP contribution < -0.4 is 9.47 Å². The topological polar surface area (TPSA) is 86.7 Å².